The molecule has 4 heteroatoms. The summed E-state index contributed by atoms with van der Waals surface area (Å²) in [6.45, 7) is 2.05. The number of nitrogens with one attached hydrogen (secondary N) is 1. The predicted molar refractivity (Wildman–Crippen MR) is 68.6 cm³/mol. The SMILES string of the molecule is Cc1csc(N)c1-c1nc2ccccc2[nH]1. The van der Waals surface area contributed by atoms with Crippen molar-refractivity contribution in [3.63, 3.8) is 0 Å². The molecule has 0 atom stereocenters. The van der Waals surface area contributed by atoms with Gasteiger partial charge in [-0.05, 0) is 30.0 Å². The molecule has 0 amide bonds. The van der Waals surface area contributed by atoms with Gasteiger partial charge in [-0.25, -0.2) is 4.98 Å². The number of para-hydroxylation sites is 2. The molecule has 3 aromatic rings. The van der Waals surface area contributed by atoms with Crippen LogP contribution in [-0.2, 0) is 0 Å². The molecule has 0 bridgehead atoms. The number of H-pyrrole nitrogens is 1. The quantitative estimate of drug-likeness (QED) is 0.673. The lowest BCUT2D eigenvalue weighted by molar-refractivity contribution is 1.33. The molecular formula is C12H11N3S. The van der Waals surface area contributed by atoms with Crippen LogP contribution in [0, 0.1) is 6.92 Å². The third-order valence-electron chi connectivity index (χ3n) is 2.63. The number of nitrogens with zero attached hydrogens (tertiary/aromatic N) is 1. The Morgan fingerprint density at radius 2 is 2.12 bits per heavy atom. The number of anilines is 1. The summed E-state index contributed by atoms with van der Waals surface area (Å²) in [6, 6.07) is 7.99. The topological polar surface area (TPSA) is 54.7 Å². The second-order valence-corrected chi connectivity index (χ2v) is 4.67. The molecule has 0 radical (unpaired) electrons. The van der Waals surface area contributed by atoms with Crippen LogP contribution in [0.2, 0.25) is 0 Å². The number of hydrogen-bond acceptors (Lipinski definition) is 3. The third-order valence-corrected chi connectivity index (χ3v) is 3.56. The second kappa shape index (κ2) is 3.35. The van der Waals surface area contributed by atoms with Crippen LogP contribution < -0.4 is 5.73 Å². The van der Waals surface area contributed by atoms with Gasteiger partial charge in [0.05, 0.1) is 21.6 Å². The highest BCUT2D eigenvalue weighted by Gasteiger charge is 2.12. The van der Waals surface area contributed by atoms with Gasteiger partial charge in [0.1, 0.15) is 5.82 Å². The average Bonchev–Trinajstić information content (AvgIpc) is 2.82. The van der Waals surface area contributed by atoms with Crippen molar-refractivity contribution in [3.8, 4) is 11.4 Å². The summed E-state index contributed by atoms with van der Waals surface area (Å²) in [4.78, 5) is 7.84. The largest absolute Gasteiger partial charge is 0.390 e. The summed E-state index contributed by atoms with van der Waals surface area (Å²) in [7, 11) is 0. The molecule has 0 saturated carbocycles. The number of thiophene rings is 1. The fraction of sp³-hybridized carbons (Fsp3) is 0.0833. The number of benzene rings is 1. The Kier molecular flexibility index (Phi) is 1.97. The maximum Gasteiger partial charge on any atom is 0.141 e. The summed E-state index contributed by atoms with van der Waals surface area (Å²) < 4.78 is 0. The van der Waals surface area contributed by atoms with E-state index in [-0.39, 0.29) is 0 Å². The maximum atomic E-state index is 5.95. The minimum Gasteiger partial charge on any atom is -0.390 e. The van der Waals surface area contributed by atoms with E-state index in [9.17, 15) is 0 Å². The first kappa shape index (κ1) is 9.42. The number of aromatic nitrogens is 2. The van der Waals surface area contributed by atoms with Crippen molar-refractivity contribution in [1.29, 1.82) is 0 Å². The molecular weight excluding hydrogens is 218 g/mol. The van der Waals surface area contributed by atoms with Crippen LogP contribution >= 0.6 is 11.3 Å². The molecule has 0 aliphatic rings. The van der Waals surface area contributed by atoms with Crippen molar-refractivity contribution in [2.24, 2.45) is 0 Å². The van der Waals surface area contributed by atoms with Gasteiger partial charge in [0.25, 0.3) is 0 Å². The monoisotopic (exact) mass is 229 g/mol. The highest BCUT2D eigenvalue weighted by atomic mass is 32.1. The number of aromatic amines is 1. The molecule has 0 aliphatic carbocycles. The Labute approximate surface area is 96.9 Å². The molecule has 3 N–H and O–H groups in total. The number of nitrogens with two attached hydrogens (primary N) is 1. The van der Waals surface area contributed by atoms with Gasteiger partial charge in [-0.3, -0.25) is 0 Å². The van der Waals surface area contributed by atoms with Crippen molar-refractivity contribution >= 4 is 27.4 Å². The predicted octanol–water partition coefficient (Wildman–Crippen LogP) is 3.18. The zero-order valence-corrected chi connectivity index (χ0v) is 9.64. The molecule has 0 fully saturated rings. The van der Waals surface area contributed by atoms with E-state index in [1.54, 1.807) is 11.3 Å². The van der Waals surface area contributed by atoms with Crippen LogP contribution in [0.3, 0.4) is 0 Å². The first-order valence-corrected chi connectivity index (χ1v) is 5.92. The Bertz CT molecular complexity index is 599. The average molecular weight is 229 g/mol. The van der Waals surface area contributed by atoms with E-state index >= 15 is 0 Å². The first-order valence-electron chi connectivity index (χ1n) is 5.04. The lowest BCUT2D eigenvalue weighted by atomic mass is 10.2. The van der Waals surface area contributed by atoms with Crippen molar-refractivity contribution in [3.05, 3.63) is 35.2 Å². The van der Waals surface area contributed by atoms with E-state index in [1.807, 2.05) is 24.3 Å². The molecule has 0 spiro atoms. The number of aryl methyl sites for hydroxylation is 1. The normalized spacial score (nSPS) is 11.1. The molecule has 1 aromatic carbocycles. The van der Waals surface area contributed by atoms with Crippen molar-refractivity contribution in [1.82, 2.24) is 9.97 Å². The highest BCUT2D eigenvalue weighted by molar-refractivity contribution is 7.14. The lowest BCUT2D eigenvalue weighted by Gasteiger charge is -1.96. The number of rotatable bonds is 1. The summed E-state index contributed by atoms with van der Waals surface area (Å²) in [6.07, 6.45) is 0. The molecule has 0 aliphatic heterocycles. The zero-order valence-electron chi connectivity index (χ0n) is 8.82. The Morgan fingerprint density at radius 1 is 1.31 bits per heavy atom. The molecule has 2 heterocycles. The molecule has 0 saturated heterocycles. The molecule has 16 heavy (non-hydrogen) atoms. The Hall–Kier alpha value is -1.81. The van der Waals surface area contributed by atoms with Gasteiger partial charge >= 0.3 is 0 Å². The van der Waals surface area contributed by atoms with E-state index in [2.05, 4.69) is 22.3 Å². The van der Waals surface area contributed by atoms with Gasteiger partial charge in [0, 0.05) is 0 Å². The Morgan fingerprint density at radius 3 is 2.81 bits per heavy atom. The zero-order chi connectivity index (χ0) is 11.1. The van der Waals surface area contributed by atoms with Crippen LogP contribution in [0.1, 0.15) is 5.56 Å². The highest BCUT2D eigenvalue weighted by Crippen LogP contribution is 2.33. The van der Waals surface area contributed by atoms with Crippen LogP contribution in [0.4, 0.5) is 5.00 Å². The van der Waals surface area contributed by atoms with E-state index in [0.717, 1.165) is 27.4 Å². The number of nitrogen functional groups attached to an aromatic ring is 1. The van der Waals surface area contributed by atoms with Gasteiger partial charge in [-0.1, -0.05) is 12.1 Å². The van der Waals surface area contributed by atoms with Crippen LogP contribution in [0.15, 0.2) is 29.6 Å². The van der Waals surface area contributed by atoms with Gasteiger partial charge in [-0.2, -0.15) is 0 Å². The molecule has 3 nitrogen and oxygen atoms in total. The summed E-state index contributed by atoms with van der Waals surface area (Å²) >= 11 is 1.55. The summed E-state index contributed by atoms with van der Waals surface area (Å²) in [5.41, 5.74) is 10.2. The molecule has 3 rings (SSSR count). The standard InChI is InChI=1S/C12H11N3S/c1-7-6-16-11(13)10(7)12-14-8-4-2-3-5-9(8)15-12/h2-6H,13H2,1H3,(H,14,15). The fourth-order valence-corrected chi connectivity index (χ4v) is 2.64. The van der Waals surface area contributed by atoms with E-state index in [1.165, 1.54) is 5.56 Å². The van der Waals surface area contributed by atoms with E-state index in [0.29, 0.717) is 0 Å². The van der Waals surface area contributed by atoms with Crippen molar-refractivity contribution in [2.75, 3.05) is 5.73 Å². The van der Waals surface area contributed by atoms with Crippen LogP contribution in [-0.4, -0.2) is 9.97 Å². The Balaban J connectivity index is 2.27. The summed E-state index contributed by atoms with van der Waals surface area (Å²) in [5.74, 6) is 0.859. The van der Waals surface area contributed by atoms with Crippen molar-refractivity contribution in [2.45, 2.75) is 6.92 Å². The van der Waals surface area contributed by atoms with Crippen LogP contribution in [0.25, 0.3) is 22.4 Å². The van der Waals surface area contributed by atoms with Gasteiger partial charge in [-0.15, -0.1) is 11.3 Å². The number of fused-ring (bicyclic) bond motifs is 1. The fourth-order valence-electron chi connectivity index (χ4n) is 1.84. The second-order valence-electron chi connectivity index (χ2n) is 3.76. The molecule has 2 aromatic heterocycles. The first-order chi connectivity index (χ1) is 7.75. The summed E-state index contributed by atoms with van der Waals surface area (Å²) in [5, 5.41) is 2.87. The minimum absolute atomic E-state index is 0.816. The van der Waals surface area contributed by atoms with Gasteiger partial charge < -0.3 is 10.7 Å². The molecule has 80 valence electrons. The maximum absolute atomic E-state index is 5.95. The van der Waals surface area contributed by atoms with E-state index < -0.39 is 0 Å². The third kappa shape index (κ3) is 1.31. The smallest absolute Gasteiger partial charge is 0.141 e. The lowest BCUT2D eigenvalue weighted by Crippen LogP contribution is -1.87. The number of imidazole rings is 1. The van der Waals surface area contributed by atoms with Gasteiger partial charge in [0.15, 0.2) is 0 Å². The van der Waals surface area contributed by atoms with Gasteiger partial charge in [0.2, 0.25) is 0 Å². The minimum atomic E-state index is 0.816. The van der Waals surface area contributed by atoms with E-state index in [4.69, 9.17) is 5.73 Å². The number of hydrogen-bond donors (Lipinski definition) is 2. The molecule has 0 unspecified atom stereocenters. The van der Waals surface area contributed by atoms with Crippen LogP contribution in [0.5, 0.6) is 0 Å². The van der Waals surface area contributed by atoms with Crippen molar-refractivity contribution < 1.29 is 0 Å².